The summed E-state index contributed by atoms with van der Waals surface area (Å²) in [5.41, 5.74) is 2.39. The number of likely N-dealkylation sites (tertiary alicyclic amines) is 1. The topological polar surface area (TPSA) is 74.6 Å². The quantitative estimate of drug-likeness (QED) is 0.579. The molecule has 0 bridgehead atoms. The Balaban J connectivity index is 1.26. The zero-order valence-electron chi connectivity index (χ0n) is 20.9. The van der Waals surface area contributed by atoms with E-state index in [1.54, 1.807) is 29.9 Å². The number of aromatic nitrogens is 3. The molecule has 2 aliphatic heterocycles. The van der Waals surface area contributed by atoms with Gasteiger partial charge in [-0.25, -0.2) is 4.98 Å². The van der Waals surface area contributed by atoms with Crippen LogP contribution in [0.1, 0.15) is 42.1 Å². The van der Waals surface area contributed by atoms with Crippen LogP contribution in [0.3, 0.4) is 0 Å². The molecule has 2 fully saturated rings. The molecule has 2 aromatic heterocycles. The van der Waals surface area contributed by atoms with E-state index in [1.165, 1.54) is 5.56 Å². The van der Waals surface area contributed by atoms with E-state index < -0.39 is 0 Å². The molecule has 184 valence electrons. The lowest BCUT2D eigenvalue weighted by Gasteiger charge is -2.47. The summed E-state index contributed by atoms with van der Waals surface area (Å²) in [6.07, 6.45) is 4.69. The molecule has 8 nitrogen and oxygen atoms in total. The molecule has 0 aliphatic carbocycles. The van der Waals surface area contributed by atoms with E-state index in [2.05, 4.69) is 21.7 Å². The Labute approximate surface area is 206 Å². The van der Waals surface area contributed by atoms with Crippen LogP contribution in [-0.2, 0) is 7.05 Å². The number of carbonyl (C=O) groups is 1. The fourth-order valence-electron chi connectivity index (χ4n) is 5.55. The van der Waals surface area contributed by atoms with Crippen molar-refractivity contribution in [3.05, 3.63) is 64.1 Å². The summed E-state index contributed by atoms with van der Waals surface area (Å²) in [7, 11) is 1.80. The third-order valence-corrected chi connectivity index (χ3v) is 7.63. The summed E-state index contributed by atoms with van der Waals surface area (Å²) in [6.45, 7) is 8.42. The van der Waals surface area contributed by atoms with Crippen molar-refractivity contribution in [2.75, 3.05) is 37.6 Å². The summed E-state index contributed by atoms with van der Waals surface area (Å²) in [5.74, 6) is 0.829. The first-order valence-electron chi connectivity index (χ1n) is 12.6. The van der Waals surface area contributed by atoms with Gasteiger partial charge in [0.1, 0.15) is 0 Å². The third kappa shape index (κ3) is 4.55. The molecule has 0 radical (unpaired) electrons. The molecule has 2 saturated heterocycles. The van der Waals surface area contributed by atoms with Crippen LogP contribution >= 0.6 is 0 Å². The van der Waals surface area contributed by atoms with Crippen LogP contribution < -0.4 is 10.5 Å². The van der Waals surface area contributed by atoms with Gasteiger partial charge in [0.2, 0.25) is 5.95 Å². The van der Waals surface area contributed by atoms with Crippen LogP contribution in [0.15, 0.2) is 47.4 Å². The van der Waals surface area contributed by atoms with Crippen molar-refractivity contribution in [2.24, 2.45) is 7.05 Å². The second-order valence-electron chi connectivity index (χ2n) is 9.79. The minimum atomic E-state index is -0.0563. The predicted octanol–water partition coefficient (Wildman–Crippen LogP) is 2.84. The maximum absolute atomic E-state index is 12.9. The standard InChI is InChI=1S/C27H34N6O2/c1-4-21-18-32(27-29-24-23(6-5-13-28-24)26(35)30(27)3)16-17-33(21)22-11-14-31(15-12-22)25(34)20-9-7-19(2)8-10-20/h5-10,13,21-22H,4,11-12,14-18H2,1-3H3/t21-/m0/s1. The maximum Gasteiger partial charge on any atom is 0.264 e. The number of pyridine rings is 1. The fourth-order valence-corrected chi connectivity index (χ4v) is 5.55. The summed E-state index contributed by atoms with van der Waals surface area (Å²) in [6, 6.07) is 12.3. The molecule has 35 heavy (non-hydrogen) atoms. The van der Waals surface area contributed by atoms with Crippen LogP contribution in [0.25, 0.3) is 11.0 Å². The predicted molar refractivity (Wildman–Crippen MR) is 138 cm³/mol. The summed E-state index contributed by atoms with van der Waals surface area (Å²) in [4.78, 5) is 41.7. The van der Waals surface area contributed by atoms with Crippen LogP contribution in [0.2, 0.25) is 0 Å². The highest BCUT2D eigenvalue weighted by atomic mass is 16.2. The minimum absolute atomic E-state index is 0.0563. The number of piperidine rings is 1. The van der Waals surface area contributed by atoms with E-state index in [9.17, 15) is 9.59 Å². The first-order chi connectivity index (χ1) is 17.0. The average Bonchev–Trinajstić information content (AvgIpc) is 2.90. The largest absolute Gasteiger partial charge is 0.339 e. The van der Waals surface area contributed by atoms with E-state index in [4.69, 9.17) is 4.98 Å². The van der Waals surface area contributed by atoms with Gasteiger partial charge in [0.25, 0.3) is 11.5 Å². The molecule has 0 N–H and O–H groups in total. The normalized spacial score (nSPS) is 19.9. The van der Waals surface area contributed by atoms with E-state index in [-0.39, 0.29) is 11.5 Å². The van der Waals surface area contributed by atoms with Crippen molar-refractivity contribution in [3.8, 4) is 0 Å². The lowest BCUT2D eigenvalue weighted by atomic mass is 9.97. The molecule has 1 amide bonds. The monoisotopic (exact) mass is 474 g/mol. The average molecular weight is 475 g/mol. The number of hydrogen-bond acceptors (Lipinski definition) is 6. The Hall–Kier alpha value is -3.26. The summed E-state index contributed by atoms with van der Waals surface area (Å²) < 4.78 is 1.65. The van der Waals surface area contributed by atoms with Crippen molar-refractivity contribution < 1.29 is 4.79 Å². The lowest BCUT2D eigenvalue weighted by molar-refractivity contribution is 0.0489. The molecule has 1 atom stereocenters. The van der Waals surface area contributed by atoms with Gasteiger partial charge in [-0.15, -0.1) is 0 Å². The fraction of sp³-hybridized carbons (Fsp3) is 0.481. The Morgan fingerprint density at radius 1 is 1.06 bits per heavy atom. The number of fused-ring (bicyclic) bond motifs is 1. The zero-order chi connectivity index (χ0) is 24.5. The van der Waals surface area contributed by atoms with Gasteiger partial charge in [0.15, 0.2) is 5.65 Å². The number of amides is 1. The summed E-state index contributed by atoms with van der Waals surface area (Å²) >= 11 is 0. The Bertz CT molecular complexity index is 1260. The summed E-state index contributed by atoms with van der Waals surface area (Å²) in [5, 5.41) is 0.552. The number of piperazine rings is 1. The molecule has 3 aromatic rings. The van der Waals surface area contributed by atoms with Gasteiger partial charge in [0.05, 0.1) is 5.39 Å². The van der Waals surface area contributed by atoms with Gasteiger partial charge in [-0.1, -0.05) is 24.6 Å². The van der Waals surface area contributed by atoms with E-state index >= 15 is 0 Å². The highest BCUT2D eigenvalue weighted by Gasteiger charge is 2.35. The van der Waals surface area contributed by atoms with Crippen molar-refractivity contribution in [3.63, 3.8) is 0 Å². The van der Waals surface area contributed by atoms with Crippen molar-refractivity contribution >= 4 is 22.9 Å². The molecular formula is C27H34N6O2. The van der Waals surface area contributed by atoms with Gasteiger partial charge in [-0.3, -0.25) is 19.1 Å². The Morgan fingerprint density at radius 2 is 1.80 bits per heavy atom. The van der Waals surface area contributed by atoms with Gasteiger partial charge in [-0.05, 0) is 50.5 Å². The van der Waals surface area contributed by atoms with Gasteiger partial charge >= 0.3 is 0 Å². The molecule has 4 heterocycles. The van der Waals surface area contributed by atoms with Crippen LogP contribution in [0.5, 0.6) is 0 Å². The van der Waals surface area contributed by atoms with Gasteiger partial charge in [-0.2, -0.15) is 4.98 Å². The Kier molecular flexibility index (Phi) is 6.56. The number of anilines is 1. The molecule has 0 spiro atoms. The van der Waals surface area contributed by atoms with Crippen LogP contribution in [0, 0.1) is 6.92 Å². The van der Waals surface area contributed by atoms with Crippen LogP contribution in [0.4, 0.5) is 5.95 Å². The second-order valence-corrected chi connectivity index (χ2v) is 9.79. The molecule has 1 aromatic carbocycles. The number of aryl methyl sites for hydroxylation is 1. The van der Waals surface area contributed by atoms with E-state index in [0.29, 0.717) is 29.1 Å². The first kappa shape index (κ1) is 23.5. The van der Waals surface area contributed by atoms with Crippen LogP contribution in [-0.4, -0.2) is 75.0 Å². The number of benzene rings is 1. The molecule has 2 aliphatic rings. The number of carbonyl (C=O) groups excluding carboxylic acids is 1. The molecule has 0 unspecified atom stereocenters. The van der Waals surface area contributed by atoms with Gasteiger partial charge < -0.3 is 9.80 Å². The van der Waals surface area contributed by atoms with Crippen molar-refractivity contribution in [2.45, 2.75) is 45.2 Å². The van der Waals surface area contributed by atoms with E-state index in [1.807, 2.05) is 36.1 Å². The number of rotatable bonds is 4. The number of hydrogen-bond donors (Lipinski definition) is 0. The third-order valence-electron chi connectivity index (χ3n) is 7.63. The smallest absolute Gasteiger partial charge is 0.264 e. The second kappa shape index (κ2) is 9.77. The zero-order valence-corrected chi connectivity index (χ0v) is 20.9. The highest BCUT2D eigenvalue weighted by molar-refractivity contribution is 5.94. The highest BCUT2D eigenvalue weighted by Crippen LogP contribution is 2.26. The molecule has 8 heteroatoms. The molecular weight excluding hydrogens is 440 g/mol. The minimum Gasteiger partial charge on any atom is -0.339 e. The van der Waals surface area contributed by atoms with Crippen molar-refractivity contribution in [1.29, 1.82) is 0 Å². The Morgan fingerprint density at radius 3 is 2.51 bits per heavy atom. The number of nitrogens with zero attached hydrogens (tertiary/aromatic N) is 6. The first-order valence-corrected chi connectivity index (χ1v) is 12.6. The van der Waals surface area contributed by atoms with Crippen molar-refractivity contribution in [1.82, 2.24) is 24.3 Å². The lowest BCUT2D eigenvalue weighted by Crippen LogP contribution is -2.59. The molecule has 0 saturated carbocycles. The van der Waals surface area contributed by atoms with Gasteiger partial charge in [0, 0.05) is 63.6 Å². The maximum atomic E-state index is 12.9. The SMILES string of the molecule is CC[C@H]1CN(c2nc3ncccc3c(=O)n2C)CCN1C1CCN(C(=O)c2ccc(C)cc2)CC1. The molecule has 5 rings (SSSR count). The van der Waals surface area contributed by atoms with E-state index in [0.717, 1.165) is 57.5 Å².